The van der Waals surface area contributed by atoms with Crippen LogP contribution in [-0.4, -0.2) is 32.4 Å². The second-order valence-corrected chi connectivity index (χ2v) is 5.24. The van der Waals surface area contributed by atoms with Crippen LogP contribution in [0, 0.1) is 6.92 Å². The number of benzene rings is 1. The minimum atomic E-state index is 0.338. The maximum Gasteiger partial charge on any atom is 0.122 e. The minimum Gasteiger partial charge on any atom is -0.496 e. The van der Waals surface area contributed by atoms with E-state index < -0.39 is 0 Å². The van der Waals surface area contributed by atoms with Crippen molar-refractivity contribution in [2.45, 2.75) is 45.3 Å². The van der Waals surface area contributed by atoms with E-state index in [2.05, 4.69) is 37.4 Å². The normalized spacial score (nSPS) is 20.5. The van der Waals surface area contributed by atoms with Gasteiger partial charge in [0.25, 0.3) is 0 Å². The van der Waals surface area contributed by atoms with Crippen molar-refractivity contribution in [2.24, 2.45) is 0 Å². The first kappa shape index (κ1) is 14.4. The van der Waals surface area contributed by atoms with Gasteiger partial charge < -0.3 is 14.8 Å². The number of nitrogens with one attached hydrogen (secondary N) is 1. The average molecular weight is 263 g/mol. The van der Waals surface area contributed by atoms with Crippen molar-refractivity contribution >= 4 is 0 Å². The van der Waals surface area contributed by atoms with Crippen LogP contribution in [-0.2, 0) is 11.2 Å². The van der Waals surface area contributed by atoms with E-state index in [0.29, 0.717) is 12.1 Å². The molecule has 2 rings (SSSR count). The van der Waals surface area contributed by atoms with Gasteiger partial charge in [-0.1, -0.05) is 24.6 Å². The number of methoxy groups -OCH3 is 1. The zero-order valence-corrected chi connectivity index (χ0v) is 12.2. The molecule has 0 amide bonds. The summed E-state index contributed by atoms with van der Waals surface area (Å²) in [4.78, 5) is 0. The Balaban J connectivity index is 2.13. The summed E-state index contributed by atoms with van der Waals surface area (Å²) < 4.78 is 11.3. The molecule has 0 spiro atoms. The van der Waals surface area contributed by atoms with Gasteiger partial charge in [-0.3, -0.25) is 0 Å². The molecule has 3 heteroatoms. The Hall–Kier alpha value is -1.06. The highest BCUT2D eigenvalue weighted by molar-refractivity contribution is 5.37. The first-order valence-corrected chi connectivity index (χ1v) is 7.23. The van der Waals surface area contributed by atoms with E-state index in [1.165, 1.54) is 17.5 Å². The molecule has 0 aromatic heterocycles. The lowest BCUT2D eigenvalue weighted by Crippen LogP contribution is -2.41. The molecule has 0 aliphatic carbocycles. The summed E-state index contributed by atoms with van der Waals surface area (Å²) in [5, 5.41) is 3.56. The standard InChI is InChI=1S/C16H25NO2/c1-4-17-14(16-6-5-9-19-16)11-13-10-12(2)7-8-15(13)18-3/h7-8,10,14,16-17H,4-6,9,11H2,1-3H3. The second-order valence-electron chi connectivity index (χ2n) is 5.24. The van der Waals surface area contributed by atoms with Crippen molar-refractivity contribution in [3.63, 3.8) is 0 Å². The van der Waals surface area contributed by atoms with Crippen LogP contribution >= 0.6 is 0 Å². The quantitative estimate of drug-likeness (QED) is 0.856. The molecule has 0 saturated carbocycles. The first-order valence-electron chi connectivity index (χ1n) is 7.23. The van der Waals surface area contributed by atoms with Gasteiger partial charge in [-0.25, -0.2) is 0 Å². The van der Waals surface area contributed by atoms with Crippen LogP contribution in [0.4, 0.5) is 0 Å². The SMILES string of the molecule is CCNC(Cc1cc(C)ccc1OC)C1CCCO1. The highest BCUT2D eigenvalue weighted by Crippen LogP contribution is 2.24. The Bertz CT molecular complexity index is 400. The molecule has 1 aliphatic heterocycles. The van der Waals surface area contributed by atoms with Crippen LogP contribution in [0.1, 0.15) is 30.9 Å². The van der Waals surface area contributed by atoms with E-state index in [-0.39, 0.29) is 0 Å². The number of aryl methyl sites for hydroxylation is 1. The third-order valence-electron chi connectivity index (χ3n) is 3.76. The predicted octanol–water partition coefficient (Wildman–Crippen LogP) is 2.70. The Labute approximate surface area is 116 Å². The van der Waals surface area contributed by atoms with E-state index in [0.717, 1.165) is 31.7 Å². The smallest absolute Gasteiger partial charge is 0.122 e. The zero-order chi connectivity index (χ0) is 13.7. The Morgan fingerprint density at radius 2 is 2.32 bits per heavy atom. The molecule has 1 aromatic carbocycles. The molecule has 106 valence electrons. The lowest BCUT2D eigenvalue weighted by molar-refractivity contribution is 0.0787. The Kier molecular flexibility index (Phi) is 5.23. The summed E-state index contributed by atoms with van der Waals surface area (Å²) in [5.74, 6) is 0.978. The van der Waals surface area contributed by atoms with Gasteiger partial charge in [-0.05, 0) is 44.4 Å². The van der Waals surface area contributed by atoms with Gasteiger partial charge in [-0.2, -0.15) is 0 Å². The van der Waals surface area contributed by atoms with Crippen molar-refractivity contribution in [1.29, 1.82) is 0 Å². The van der Waals surface area contributed by atoms with Crippen molar-refractivity contribution in [2.75, 3.05) is 20.3 Å². The number of ether oxygens (including phenoxy) is 2. The lowest BCUT2D eigenvalue weighted by Gasteiger charge is -2.24. The van der Waals surface area contributed by atoms with Gasteiger partial charge in [0, 0.05) is 12.6 Å². The molecule has 1 saturated heterocycles. The summed E-state index contributed by atoms with van der Waals surface area (Å²) in [6, 6.07) is 6.75. The molecule has 1 heterocycles. The minimum absolute atomic E-state index is 0.338. The third-order valence-corrected chi connectivity index (χ3v) is 3.76. The van der Waals surface area contributed by atoms with Crippen molar-refractivity contribution < 1.29 is 9.47 Å². The Morgan fingerprint density at radius 1 is 1.47 bits per heavy atom. The number of hydrogen-bond donors (Lipinski definition) is 1. The van der Waals surface area contributed by atoms with Gasteiger partial charge in [0.1, 0.15) is 5.75 Å². The van der Waals surface area contributed by atoms with Crippen LogP contribution in [0.15, 0.2) is 18.2 Å². The van der Waals surface area contributed by atoms with Crippen LogP contribution in [0.25, 0.3) is 0 Å². The fourth-order valence-electron chi connectivity index (χ4n) is 2.82. The van der Waals surface area contributed by atoms with Crippen LogP contribution in [0.3, 0.4) is 0 Å². The summed E-state index contributed by atoms with van der Waals surface area (Å²) in [5.41, 5.74) is 2.54. The largest absolute Gasteiger partial charge is 0.496 e. The molecule has 19 heavy (non-hydrogen) atoms. The molecule has 1 aliphatic rings. The van der Waals surface area contributed by atoms with Crippen molar-refractivity contribution in [3.8, 4) is 5.75 Å². The van der Waals surface area contributed by atoms with Gasteiger partial charge in [0.05, 0.1) is 13.2 Å². The lowest BCUT2D eigenvalue weighted by atomic mass is 9.97. The van der Waals surface area contributed by atoms with Crippen LogP contribution < -0.4 is 10.1 Å². The van der Waals surface area contributed by atoms with Gasteiger partial charge >= 0.3 is 0 Å². The fourth-order valence-corrected chi connectivity index (χ4v) is 2.82. The van der Waals surface area contributed by atoms with Crippen molar-refractivity contribution in [1.82, 2.24) is 5.32 Å². The maximum atomic E-state index is 5.84. The van der Waals surface area contributed by atoms with Gasteiger partial charge in [-0.15, -0.1) is 0 Å². The molecular formula is C16H25NO2. The van der Waals surface area contributed by atoms with Gasteiger partial charge in [0.2, 0.25) is 0 Å². The van der Waals surface area contributed by atoms with E-state index in [4.69, 9.17) is 9.47 Å². The first-order chi connectivity index (χ1) is 9.24. The highest BCUT2D eigenvalue weighted by Gasteiger charge is 2.26. The molecule has 3 nitrogen and oxygen atoms in total. The average Bonchev–Trinajstić information content (AvgIpc) is 2.92. The topological polar surface area (TPSA) is 30.5 Å². The highest BCUT2D eigenvalue weighted by atomic mass is 16.5. The molecule has 1 aromatic rings. The molecule has 0 bridgehead atoms. The van der Waals surface area contributed by atoms with E-state index in [1.807, 2.05) is 0 Å². The predicted molar refractivity (Wildman–Crippen MR) is 77.9 cm³/mol. The van der Waals surface area contributed by atoms with Gasteiger partial charge in [0.15, 0.2) is 0 Å². The van der Waals surface area contributed by atoms with Crippen molar-refractivity contribution in [3.05, 3.63) is 29.3 Å². The maximum absolute atomic E-state index is 5.84. The number of rotatable bonds is 6. The zero-order valence-electron chi connectivity index (χ0n) is 12.2. The molecule has 1 fully saturated rings. The molecule has 0 radical (unpaired) electrons. The second kappa shape index (κ2) is 6.92. The van der Waals surface area contributed by atoms with E-state index in [9.17, 15) is 0 Å². The summed E-state index contributed by atoms with van der Waals surface area (Å²) in [6.45, 7) is 6.14. The number of likely N-dealkylation sites (N-methyl/N-ethyl adjacent to an activating group) is 1. The van der Waals surface area contributed by atoms with E-state index in [1.54, 1.807) is 7.11 Å². The molecule has 1 N–H and O–H groups in total. The molecule has 2 atom stereocenters. The summed E-state index contributed by atoms with van der Waals surface area (Å²) >= 11 is 0. The summed E-state index contributed by atoms with van der Waals surface area (Å²) in [7, 11) is 1.74. The fraction of sp³-hybridized carbons (Fsp3) is 0.625. The number of hydrogen-bond acceptors (Lipinski definition) is 3. The molecule has 2 unspecified atom stereocenters. The van der Waals surface area contributed by atoms with E-state index >= 15 is 0 Å². The Morgan fingerprint density at radius 3 is 2.95 bits per heavy atom. The third kappa shape index (κ3) is 3.71. The molecular weight excluding hydrogens is 238 g/mol. The van der Waals surface area contributed by atoms with Crippen LogP contribution in [0.2, 0.25) is 0 Å². The monoisotopic (exact) mass is 263 g/mol. The summed E-state index contributed by atoms with van der Waals surface area (Å²) in [6.07, 6.45) is 3.64. The van der Waals surface area contributed by atoms with Crippen LogP contribution in [0.5, 0.6) is 5.75 Å².